The van der Waals surface area contributed by atoms with E-state index in [0.29, 0.717) is 24.2 Å². The number of nitrogens with zero attached hydrogens (tertiary/aromatic N) is 4. The first-order chi connectivity index (χ1) is 18.8. The van der Waals surface area contributed by atoms with Crippen LogP contribution in [0.25, 0.3) is 17.0 Å². The van der Waals surface area contributed by atoms with Gasteiger partial charge >= 0.3 is 5.97 Å². The van der Waals surface area contributed by atoms with Gasteiger partial charge in [-0.05, 0) is 79.3 Å². The number of carbonyl (C=O) groups is 2. The van der Waals surface area contributed by atoms with Crippen molar-refractivity contribution in [1.82, 2.24) is 19.3 Å². The normalized spacial score (nSPS) is 22.1. The molecule has 3 heterocycles. The standard InChI is InChI=1S/C30H26F2N4O3/c1-15-19-5-3-2-4-16(19)10-11-35(15)28(37)24-14-25(17-6-7-17)36-27(32)26(34-30(36)33-24)20-9-8-18(12-23(20)31)21-13-22(21)29(38)39/h2-5,8-9,12,14-15,17,21-22H,6-7,10-11,13H2,1H3,(H,38,39)/t15-,21-,22-/m1/s1. The molecule has 1 amide bonds. The van der Waals surface area contributed by atoms with E-state index in [-0.39, 0.29) is 46.5 Å². The summed E-state index contributed by atoms with van der Waals surface area (Å²) in [5, 5.41) is 9.19. The Morgan fingerprint density at radius 1 is 1.05 bits per heavy atom. The number of halogens is 2. The molecule has 2 aromatic carbocycles. The van der Waals surface area contributed by atoms with Crippen LogP contribution in [0.3, 0.4) is 0 Å². The summed E-state index contributed by atoms with van der Waals surface area (Å²) in [5.74, 6) is -3.18. The van der Waals surface area contributed by atoms with Crippen molar-refractivity contribution in [2.24, 2.45) is 5.92 Å². The summed E-state index contributed by atoms with van der Waals surface area (Å²) in [5.41, 5.74) is 3.53. The van der Waals surface area contributed by atoms with E-state index in [2.05, 4.69) is 16.0 Å². The van der Waals surface area contributed by atoms with Gasteiger partial charge in [0.2, 0.25) is 11.7 Å². The number of rotatable bonds is 5. The zero-order chi connectivity index (χ0) is 27.0. The predicted octanol–water partition coefficient (Wildman–Crippen LogP) is 5.50. The van der Waals surface area contributed by atoms with E-state index < -0.39 is 23.7 Å². The second-order valence-electron chi connectivity index (χ2n) is 10.9. The zero-order valence-corrected chi connectivity index (χ0v) is 21.3. The fraction of sp³-hybridized carbons (Fsp3) is 0.333. The molecule has 1 aliphatic heterocycles. The van der Waals surface area contributed by atoms with E-state index in [4.69, 9.17) is 0 Å². The monoisotopic (exact) mass is 528 g/mol. The molecule has 7 nitrogen and oxygen atoms in total. The van der Waals surface area contributed by atoms with Crippen LogP contribution in [0.4, 0.5) is 8.78 Å². The number of amides is 1. The molecule has 2 fully saturated rings. The van der Waals surface area contributed by atoms with E-state index in [1.165, 1.54) is 22.1 Å². The topological polar surface area (TPSA) is 87.8 Å². The van der Waals surface area contributed by atoms with Gasteiger partial charge in [0.1, 0.15) is 17.2 Å². The summed E-state index contributed by atoms with van der Waals surface area (Å²) in [4.78, 5) is 35.5. The fourth-order valence-corrected chi connectivity index (χ4v) is 5.99. The maximum atomic E-state index is 15.8. The van der Waals surface area contributed by atoms with Crippen molar-refractivity contribution < 1.29 is 23.5 Å². The van der Waals surface area contributed by atoms with Gasteiger partial charge in [-0.2, -0.15) is 4.39 Å². The summed E-state index contributed by atoms with van der Waals surface area (Å²) in [6.07, 6.45) is 2.93. The number of benzene rings is 2. The first-order valence-corrected chi connectivity index (χ1v) is 13.3. The molecule has 9 heteroatoms. The molecule has 0 saturated heterocycles. The molecule has 0 spiro atoms. The molecule has 3 aliphatic rings. The van der Waals surface area contributed by atoms with Crippen molar-refractivity contribution in [2.75, 3.05) is 6.54 Å². The van der Waals surface area contributed by atoms with Crippen LogP contribution >= 0.6 is 0 Å². The van der Waals surface area contributed by atoms with Crippen molar-refractivity contribution in [3.05, 3.63) is 88.4 Å². The third-order valence-corrected chi connectivity index (χ3v) is 8.42. The van der Waals surface area contributed by atoms with Crippen LogP contribution in [0.2, 0.25) is 0 Å². The van der Waals surface area contributed by atoms with Gasteiger partial charge < -0.3 is 10.0 Å². The molecule has 2 aliphatic carbocycles. The van der Waals surface area contributed by atoms with Gasteiger partial charge in [-0.15, -0.1) is 0 Å². The Balaban J connectivity index is 1.26. The lowest BCUT2D eigenvalue weighted by Crippen LogP contribution is -2.39. The van der Waals surface area contributed by atoms with Crippen molar-refractivity contribution in [3.63, 3.8) is 0 Å². The summed E-state index contributed by atoms with van der Waals surface area (Å²) >= 11 is 0. The fourth-order valence-electron chi connectivity index (χ4n) is 5.99. The number of fused-ring (bicyclic) bond motifs is 2. The highest BCUT2D eigenvalue weighted by atomic mass is 19.1. The molecule has 1 N–H and O–H groups in total. The minimum absolute atomic E-state index is 0.0230. The largest absolute Gasteiger partial charge is 0.481 e. The summed E-state index contributed by atoms with van der Waals surface area (Å²) in [7, 11) is 0. The molecule has 2 saturated carbocycles. The van der Waals surface area contributed by atoms with E-state index >= 15 is 8.78 Å². The van der Waals surface area contributed by atoms with E-state index in [0.717, 1.165) is 24.8 Å². The Hall–Kier alpha value is -4.14. The first kappa shape index (κ1) is 23.9. The maximum Gasteiger partial charge on any atom is 0.307 e. The second kappa shape index (κ2) is 8.69. The predicted molar refractivity (Wildman–Crippen MR) is 138 cm³/mol. The van der Waals surface area contributed by atoms with E-state index in [1.807, 2.05) is 25.1 Å². The molecule has 39 heavy (non-hydrogen) atoms. The highest BCUT2D eigenvalue weighted by molar-refractivity contribution is 5.93. The highest BCUT2D eigenvalue weighted by Crippen LogP contribution is 2.48. The summed E-state index contributed by atoms with van der Waals surface area (Å²) < 4.78 is 32.3. The minimum atomic E-state index is -0.900. The molecule has 4 aromatic rings. The highest BCUT2D eigenvalue weighted by Gasteiger charge is 2.44. The van der Waals surface area contributed by atoms with Gasteiger partial charge in [0.15, 0.2) is 0 Å². The second-order valence-corrected chi connectivity index (χ2v) is 10.9. The number of aliphatic carboxylic acids is 1. The number of imidazole rings is 1. The van der Waals surface area contributed by atoms with E-state index in [9.17, 15) is 14.7 Å². The van der Waals surface area contributed by atoms with Crippen LogP contribution in [0.15, 0.2) is 48.5 Å². The van der Waals surface area contributed by atoms with Crippen molar-refractivity contribution in [1.29, 1.82) is 0 Å². The lowest BCUT2D eigenvalue weighted by molar-refractivity contribution is -0.138. The van der Waals surface area contributed by atoms with E-state index in [1.54, 1.807) is 17.0 Å². The molecular formula is C30H26F2N4O3. The molecule has 2 aromatic heterocycles. The Bertz CT molecular complexity index is 1680. The number of aromatic nitrogens is 3. The first-order valence-electron chi connectivity index (χ1n) is 13.3. The molecule has 0 bridgehead atoms. The van der Waals surface area contributed by atoms with Gasteiger partial charge in [0, 0.05) is 17.8 Å². The average Bonchev–Trinajstić information content (AvgIpc) is 3.85. The SMILES string of the molecule is C[C@@H]1c2ccccc2CCN1C(=O)c1cc(C2CC2)n2c(F)c(-c3ccc([C@H]4C[C@H]4C(=O)O)cc3F)nc2n1. The minimum Gasteiger partial charge on any atom is -0.481 e. The zero-order valence-electron chi connectivity index (χ0n) is 21.3. The smallest absolute Gasteiger partial charge is 0.307 e. The van der Waals surface area contributed by atoms with Gasteiger partial charge in [0.05, 0.1) is 12.0 Å². The van der Waals surface area contributed by atoms with Crippen LogP contribution in [0.1, 0.15) is 76.9 Å². The lowest BCUT2D eigenvalue weighted by Gasteiger charge is -2.35. The van der Waals surface area contributed by atoms with Gasteiger partial charge in [-0.3, -0.25) is 14.0 Å². The lowest BCUT2D eigenvalue weighted by atomic mass is 9.93. The molecular weight excluding hydrogens is 502 g/mol. The average molecular weight is 529 g/mol. The number of carboxylic acid groups (broad SMARTS) is 1. The van der Waals surface area contributed by atoms with Gasteiger partial charge in [-0.1, -0.05) is 30.3 Å². The molecule has 3 atom stereocenters. The third kappa shape index (κ3) is 3.90. The van der Waals surface area contributed by atoms with Gasteiger partial charge in [0.25, 0.3) is 5.91 Å². The molecule has 0 unspecified atom stereocenters. The van der Waals surface area contributed by atoms with Crippen LogP contribution in [0.5, 0.6) is 0 Å². The molecule has 7 rings (SSSR count). The van der Waals surface area contributed by atoms with Crippen LogP contribution in [0, 0.1) is 17.7 Å². The Morgan fingerprint density at radius 2 is 1.85 bits per heavy atom. The van der Waals surface area contributed by atoms with Crippen LogP contribution in [-0.2, 0) is 11.2 Å². The number of hydrogen-bond donors (Lipinski definition) is 1. The third-order valence-electron chi connectivity index (χ3n) is 8.42. The number of carbonyl (C=O) groups excluding carboxylic acids is 1. The summed E-state index contributed by atoms with van der Waals surface area (Å²) in [6, 6.07) is 14.0. The van der Waals surface area contributed by atoms with Gasteiger partial charge in [-0.25, -0.2) is 14.4 Å². The Kier molecular flexibility index (Phi) is 5.33. The number of carboxylic acids is 1. The van der Waals surface area contributed by atoms with Crippen LogP contribution in [-0.4, -0.2) is 42.8 Å². The quantitative estimate of drug-likeness (QED) is 0.370. The van der Waals surface area contributed by atoms with Crippen molar-refractivity contribution in [2.45, 2.75) is 50.5 Å². The van der Waals surface area contributed by atoms with Crippen LogP contribution < -0.4 is 0 Å². The molecule has 198 valence electrons. The van der Waals surface area contributed by atoms with Crippen molar-refractivity contribution >= 4 is 17.7 Å². The number of hydrogen-bond acceptors (Lipinski definition) is 4. The Labute approximate surface area is 223 Å². The maximum absolute atomic E-state index is 15.8. The molecule has 0 radical (unpaired) electrons. The summed E-state index contributed by atoms with van der Waals surface area (Å²) in [6.45, 7) is 2.55. The van der Waals surface area contributed by atoms with Crippen molar-refractivity contribution in [3.8, 4) is 11.3 Å². The Morgan fingerprint density at radius 3 is 2.56 bits per heavy atom.